The number of piperidine rings is 1. The van der Waals surface area contributed by atoms with Crippen LogP contribution in [0.3, 0.4) is 0 Å². The highest BCUT2D eigenvalue weighted by Crippen LogP contribution is 2.34. The number of nitrogens with zero attached hydrogens (tertiary/aromatic N) is 3. The van der Waals surface area contributed by atoms with Crippen molar-refractivity contribution in [3.8, 4) is 33.8 Å². The Labute approximate surface area is 181 Å². The monoisotopic (exact) mass is 412 g/mol. The van der Waals surface area contributed by atoms with Crippen LogP contribution < -0.4 is 0 Å². The summed E-state index contributed by atoms with van der Waals surface area (Å²) in [7, 11) is 0. The molecule has 4 aromatic rings. The summed E-state index contributed by atoms with van der Waals surface area (Å²) in [5.41, 5.74) is 5.08. The van der Waals surface area contributed by atoms with Gasteiger partial charge < -0.3 is 4.98 Å². The molecule has 0 aliphatic carbocycles. The molecule has 1 N–H and O–H groups in total. The summed E-state index contributed by atoms with van der Waals surface area (Å²) in [6, 6.07) is 20.2. The first-order valence-electron chi connectivity index (χ1n) is 10.9. The molecule has 1 aliphatic heterocycles. The fraction of sp³-hybridized carbons (Fsp3) is 0.231. The lowest BCUT2D eigenvalue weighted by Crippen LogP contribution is -2.29. The molecule has 5 rings (SSSR count). The number of aromatic nitrogens is 3. The summed E-state index contributed by atoms with van der Waals surface area (Å²) in [5.74, 6) is -0.0485. The molecule has 0 radical (unpaired) electrons. The van der Waals surface area contributed by atoms with Crippen LogP contribution in [0.4, 0.5) is 4.39 Å². The molecule has 5 heteroatoms. The number of rotatable bonds is 5. The number of benzene rings is 2. The van der Waals surface area contributed by atoms with E-state index in [0.29, 0.717) is 17.1 Å². The van der Waals surface area contributed by atoms with Crippen molar-refractivity contribution in [2.24, 2.45) is 0 Å². The van der Waals surface area contributed by atoms with Gasteiger partial charge in [-0.25, -0.2) is 9.97 Å². The Bertz CT molecular complexity index is 1130. The topological polar surface area (TPSA) is 44.8 Å². The van der Waals surface area contributed by atoms with E-state index in [1.807, 2.05) is 36.4 Å². The molecule has 0 unspecified atom stereocenters. The lowest BCUT2D eigenvalue weighted by molar-refractivity contribution is 0.221. The highest BCUT2D eigenvalue weighted by atomic mass is 19.1. The average Bonchev–Trinajstić information content (AvgIpc) is 3.35. The average molecular weight is 413 g/mol. The van der Waals surface area contributed by atoms with Gasteiger partial charge in [-0.1, -0.05) is 61.0 Å². The Kier molecular flexibility index (Phi) is 5.59. The predicted molar refractivity (Wildman–Crippen MR) is 122 cm³/mol. The second kappa shape index (κ2) is 8.82. The fourth-order valence-electron chi connectivity index (χ4n) is 4.27. The number of hydrogen-bond acceptors (Lipinski definition) is 3. The van der Waals surface area contributed by atoms with Crippen LogP contribution in [-0.4, -0.2) is 32.9 Å². The fourth-order valence-corrected chi connectivity index (χ4v) is 4.27. The Morgan fingerprint density at radius 2 is 1.65 bits per heavy atom. The van der Waals surface area contributed by atoms with Gasteiger partial charge in [0.05, 0.1) is 11.3 Å². The minimum atomic E-state index is -0.526. The van der Waals surface area contributed by atoms with Crippen LogP contribution in [0, 0.1) is 5.95 Å². The van der Waals surface area contributed by atoms with Gasteiger partial charge in [0.15, 0.2) is 0 Å². The van der Waals surface area contributed by atoms with Crippen molar-refractivity contribution in [1.29, 1.82) is 0 Å². The van der Waals surface area contributed by atoms with Gasteiger partial charge >= 0.3 is 0 Å². The van der Waals surface area contributed by atoms with E-state index in [4.69, 9.17) is 0 Å². The summed E-state index contributed by atoms with van der Waals surface area (Å²) in [5, 5.41) is 0. The van der Waals surface area contributed by atoms with Crippen LogP contribution in [-0.2, 0) is 6.54 Å². The number of likely N-dealkylation sites (tertiary alicyclic amines) is 1. The van der Waals surface area contributed by atoms with Crippen LogP contribution in [0.25, 0.3) is 33.8 Å². The summed E-state index contributed by atoms with van der Waals surface area (Å²) in [4.78, 5) is 14.1. The number of halogens is 1. The number of aromatic amines is 1. The van der Waals surface area contributed by atoms with Crippen molar-refractivity contribution in [3.63, 3.8) is 0 Å². The van der Waals surface area contributed by atoms with Gasteiger partial charge in [-0.3, -0.25) is 4.90 Å². The standard InChI is InChI=1S/C26H25FN4/c27-25-23(26-28-13-14-29-26)17-22(20-7-3-1-4-8-20)24(30-25)21-11-9-19(10-12-21)18-31-15-5-2-6-16-31/h1,3-4,7-14,17H,2,5-6,15-16,18H2,(H,28,29). The Hall–Kier alpha value is -3.31. The molecule has 2 aromatic heterocycles. The predicted octanol–water partition coefficient (Wildman–Crippen LogP) is 5.93. The smallest absolute Gasteiger partial charge is 0.224 e. The van der Waals surface area contributed by atoms with Crippen molar-refractivity contribution >= 4 is 0 Å². The lowest BCUT2D eigenvalue weighted by Gasteiger charge is -2.26. The largest absolute Gasteiger partial charge is 0.344 e. The normalized spacial score (nSPS) is 14.6. The van der Waals surface area contributed by atoms with Gasteiger partial charge in [0.2, 0.25) is 5.95 Å². The maximum Gasteiger partial charge on any atom is 0.224 e. The van der Waals surface area contributed by atoms with E-state index in [0.717, 1.165) is 23.2 Å². The van der Waals surface area contributed by atoms with Crippen molar-refractivity contribution in [3.05, 3.63) is 84.6 Å². The molecule has 1 saturated heterocycles. The van der Waals surface area contributed by atoms with Crippen LogP contribution in [0.1, 0.15) is 24.8 Å². The first-order chi connectivity index (χ1) is 15.3. The Morgan fingerprint density at radius 1 is 0.871 bits per heavy atom. The van der Waals surface area contributed by atoms with Crippen molar-refractivity contribution in [1.82, 2.24) is 19.9 Å². The van der Waals surface area contributed by atoms with Crippen LogP contribution >= 0.6 is 0 Å². The molecule has 2 aromatic carbocycles. The van der Waals surface area contributed by atoms with E-state index in [9.17, 15) is 0 Å². The quantitative estimate of drug-likeness (QED) is 0.413. The third kappa shape index (κ3) is 4.28. The number of imidazole rings is 1. The molecule has 156 valence electrons. The summed E-state index contributed by atoms with van der Waals surface area (Å²) >= 11 is 0. The number of hydrogen-bond donors (Lipinski definition) is 1. The van der Waals surface area contributed by atoms with E-state index in [1.54, 1.807) is 12.4 Å². The van der Waals surface area contributed by atoms with E-state index in [-0.39, 0.29) is 0 Å². The SMILES string of the molecule is Fc1nc(-c2ccc(CN3CCCCC3)cc2)c(-c2ccccc2)cc1-c1ncc[nH]1. The van der Waals surface area contributed by atoms with Crippen LogP contribution in [0.5, 0.6) is 0 Å². The van der Waals surface area contributed by atoms with Crippen molar-refractivity contribution in [2.45, 2.75) is 25.8 Å². The van der Waals surface area contributed by atoms with Gasteiger partial charge in [0, 0.05) is 30.1 Å². The van der Waals surface area contributed by atoms with Crippen LogP contribution in [0.15, 0.2) is 73.1 Å². The minimum Gasteiger partial charge on any atom is -0.344 e. The maximum absolute atomic E-state index is 15.0. The molecule has 1 fully saturated rings. The van der Waals surface area contributed by atoms with Gasteiger partial charge in [0.1, 0.15) is 5.82 Å². The van der Waals surface area contributed by atoms with Gasteiger partial charge in [0.25, 0.3) is 0 Å². The number of nitrogens with one attached hydrogen (secondary N) is 1. The van der Waals surface area contributed by atoms with E-state index >= 15 is 4.39 Å². The zero-order valence-corrected chi connectivity index (χ0v) is 17.4. The summed E-state index contributed by atoms with van der Waals surface area (Å²) in [6.45, 7) is 3.30. The first kappa shape index (κ1) is 19.6. The maximum atomic E-state index is 15.0. The Morgan fingerprint density at radius 3 is 2.35 bits per heavy atom. The van der Waals surface area contributed by atoms with Crippen molar-refractivity contribution in [2.75, 3.05) is 13.1 Å². The molecule has 1 aliphatic rings. The second-order valence-corrected chi connectivity index (χ2v) is 8.06. The molecule has 4 nitrogen and oxygen atoms in total. The van der Waals surface area contributed by atoms with Crippen LogP contribution in [0.2, 0.25) is 0 Å². The third-order valence-electron chi connectivity index (χ3n) is 5.90. The molecule has 3 heterocycles. The number of H-pyrrole nitrogens is 1. The lowest BCUT2D eigenvalue weighted by atomic mass is 9.97. The van der Waals surface area contributed by atoms with Gasteiger partial charge in [-0.15, -0.1) is 0 Å². The molecule has 0 spiro atoms. The van der Waals surface area contributed by atoms with E-state index < -0.39 is 5.95 Å². The molecular formula is C26H25FN4. The molecule has 0 bridgehead atoms. The van der Waals surface area contributed by atoms with E-state index in [2.05, 4.69) is 44.1 Å². The molecule has 0 amide bonds. The highest BCUT2D eigenvalue weighted by Gasteiger charge is 2.18. The first-order valence-corrected chi connectivity index (χ1v) is 10.9. The molecule has 31 heavy (non-hydrogen) atoms. The highest BCUT2D eigenvalue weighted by molar-refractivity contribution is 5.83. The molecule has 0 saturated carbocycles. The van der Waals surface area contributed by atoms with Gasteiger partial charge in [-0.2, -0.15) is 4.39 Å². The van der Waals surface area contributed by atoms with Crippen molar-refractivity contribution < 1.29 is 4.39 Å². The summed E-state index contributed by atoms with van der Waals surface area (Å²) < 4.78 is 15.0. The van der Waals surface area contributed by atoms with Gasteiger partial charge in [-0.05, 0) is 43.1 Å². The van der Waals surface area contributed by atoms with E-state index in [1.165, 1.54) is 37.9 Å². The molecular weight excluding hydrogens is 387 g/mol. The summed E-state index contributed by atoms with van der Waals surface area (Å²) in [6.07, 6.45) is 7.20. The second-order valence-electron chi connectivity index (χ2n) is 8.06. The Balaban J connectivity index is 1.52. The molecule has 0 atom stereocenters. The number of pyridine rings is 1. The zero-order valence-electron chi connectivity index (χ0n) is 17.4. The zero-order chi connectivity index (χ0) is 21.0. The minimum absolute atomic E-state index is 0.370. The third-order valence-corrected chi connectivity index (χ3v) is 5.90.